The van der Waals surface area contributed by atoms with Gasteiger partial charge in [-0.25, -0.2) is 8.42 Å². The van der Waals surface area contributed by atoms with Gasteiger partial charge in [0.15, 0.2) is 0 Å². The molecule has 0 aromatic heterocycles. The predicted molar refractivity (Wildman–Crippen MR) is 147 cm³/mol. The van der Waals surface area contributed by atoms with Crippen LogP contribution >= 0.6 is 11.6 Å². The van der Waals surface area contributed by atoms with Crippen molar-refractivity contribution in [2.75, 3.05) is 17.4 Å². The first-order chi connectivity index (χ1) is 17.6. The molecule has 3 aromatic carbocycles. The first-order valence-corrected chi connectivity index (χ1v) is 13.9. The zero-order valence-electron chi connectivity index (χ0n) is 21.2. The molecule has 0 aliphatic heterocycles. The Kier molecular flexibility index (Phi) is 9.72. The second-order valence-corrected chi connectivity index (χ2v) is 11.1. The van der Waals surface area contributed by atoms with Gasteiger partial charge >= 0.3 is 0 Å². The summed E-state index contributed by atoms with van der Waals surface area (Å²) in [5.74, 6) is -0.795. The highest BCUT2D eigenvalue weighted by Crippen LogP contribution is 2.25. The van der Waals surface area contributed by atoms with Gasteiger partial charge in [-0.05, 0) is 62.2 Å². The van der Waals surface area contributed by atoms with Gasteiger partial charge in [0.05, 0.1) is 10.6 Å². The molecule has 0 aliphatic rings. The number of nitrogens with zero attached hydrogens (tertiary/aromatic N) is 2. The summed E-state index contributed by atoms with van der Waals surface area (Å²) in [5.41, 5.74) is 2.20. The van der Waals surface area contributed by atoms with Crippen LogP contribution in [0.4, 0.5) is 5.69 Å². The monoisotopic (exact) mass is 541 g/mol. The van der Waals surface area contributed by atoms with E-state index in [-0.39, 0.29) is 17.3 Å². The van der Waals surface area contributed by atoms with Gasteiger partial charge in [0.1, 0.15) is 12.6 Å². The third-order valence-corrected chi connectivity index (χ3v) is 7.92. The molecule has 9 heteroatoms. The first kappa shape index (κ1) is 28.2. The Morgan fingerprint density at radius 3 is 2.27 bits per heavy atom. The number of anilines is 1. The molecule has 3 rings (SSSR count). The number of carbonyl (C=O) groups excluding carboxylic acids is 2. The van der Waals surface area contributed by atoms with Crippen molar-refractivity contribution < 1.29 is 18.0 Å². The van der Waals surface area contributed by atoms with E-state index in [2.05, 4.69) is 5.32 Å². The van der Waals surface area contributed by atoms with Crippen LogP contribution < -0.4 is 9.62 Å². The van der Waals surface area contributed by atoms with E-state index < -0.39 is 28.5 Å². The van der Waals surface area contributed by atoms with Crippen LogP contribution in [0.2, 0.25) is 5.02 Å². The Labute approximate surface area is 224 Å². The predicted octanol–water partition coefficient (Wildman–Crippen LogP) is 4.79. The zero-order valence-corrected chi connectivity index (χ0v) is 22.8. The number of hydrogen-bond donors (Lipinski definition) is 1. The molecule has 0 radical (unpaired) electrons. The number of rotatable bonds is 11. The number of nitrogens with one attached hydrogen (secondary N) is 1. The molecule has 3 aromatic rings. The Balaban J connectivity index is 1.99. The van der Waals surface area contributed by atoms with E-state index in [0.717, 1.165) is 21.9 Å². The Hall–Kier alpha value is -3.36. The van der Waals surface area contributed by atoms with Crippen LogP contribution in [0.25, 0.3) is 0 Å². The molecule has 2 amide bonds. The van der Waals surface area contributed by atoms with Crippen LogP contribution in [0, 0.1) is 6.92 Å². The summed E-state index contributed by atoms with van der Waals surface area (Å²) in [7, 11) is -4.11. The number of hydrogen-bond acceptors (Lipinski definition) is 4. The van der Waals surface area contributed by atoms with Crippen molar-refractivity contribution in [2.24, 2.45) is 0 Å². The highest BCUT2D eigenvalue weighted by Gasteiger charge is 2.32. The summed E-state index contributed by atoms with van der Waals surface area (Å²) in [4.78, 5) is 28.1. The molecule has 1 atom stereocenters. The van der Waals surface area contributed by atoms with Crippen molar-refractivity contribution in [2.45, 2.75) is 44.7 Å². The number of carbonyl (C=O) groups is 2. The van der Waals surface area contributed by atoms with Gasteiger partial charge in [-0.15, -0.1) is 0 Å². The lowest BCUT2D eigenvalue weighted by Gasteiger charge is -2.32. The van der Waals surface area contributed by atoms with Gasteiger partial charge in [-0.3, -0.25) is 13.9 Å². The molecule has 7 nitrogen and oxygen atoms in total. The maximum Gasteiger partial charge on any atom is 0.264 e. The van der Waals surface area contributed by atoms with Gasteiger partial charge in [-0.2, -0.15) is 0 Å². The molecular weight excluding hydrogens is 510 g/mol. The van der Waals surface area contributed by atoms with Crippen LogP contribution in [0.5, 0.6) is 0 Å². The van der Waals surface area contributed by atoms with Crippen LogP contribution in [-0.4, -0.2) is 44.3 Å². The summed E-state index contributed by atoms with van der Waals surface area (Å²) in [6, 6.07) is 21.1. The third kappa shape index (κ3) is 7.33. The van der Waals surface area contributed by atoms with Crippen molar-refractivity contribution >= 4 is 39.1 Å². The summed E-state index contributed by atoms with van der Waals surface area (Å²) < 4.78 is 28.4. The average Bonchev–Trinajstić information content (AvgIpc) is 2.89. The molecule has 0 fully saturated rings. The van der Waals surface area contributed by atoms with Crippen LogP contribution in [-0.2, 0) is 26.2 Å². The molecule has 0 unspecified atom stereocenters. The largest absolute Gasteiger partial charge is 0.354 e. The Bertz CT molecular complexity index is 1310. The fourth-order valence-corrected chi connectivity index (χ4v) is 5.38. The maximum absolute atomic E-state index is 13.8. The molecule has 0 heterocycles. The van der Waals surface area contributed by atoms with Crippen LogP contribution in [0.15, 0.2) is 83.8 Å². The van der Waals surface area contributed by atoms with Crippen LogP contribution in [0.3, 0.4) is 0 Å². The van der Waals surface area contributed by atoms with Crippen molar-refractivity contribution in [3.05, 3.63) is 95.0 Å². The van der Waals surface area contributed by atoms with Gasteiger partial charge < -0.3 is 10.2 Å². The molecule has 0 saturated heterocycles. The molecule has 37 heavy (non-hydrogen) atoms. The van der Waals surface area contributed by atoms with E-state index >= 15 is 0 Å². The second-order valence-electron chi connectivity index (χ2n) is 8.78. The minimum absolute atomic E-state index is 0.00697. The lowest BCUT2D eigenvalue weighted by molar-refractivity contribution is -0.139. The molecule has 0 bridgehead atoms. The smallest absolute Gasteiger partial charge is 0.264 e. The van der Waals surface area contributed by atoms with E-state index in [9.17, 15) is 18.0 Å². The zero-order chi connectivity index (χ0) is 27.0. The maximum atomic E-state index is 13.8. The number of sulfonamides is 1. The number of amides is 2. The van der Waals surface area contributed by atoms with Crippen molar-refractivity contribution in [1.29, 1.82) is 0 Å². The Morgan fingerprint density at radius 1 is 0.973 bits per heavy atom. The topological polar surface area (TPSA) is 86.8 Å². The molecular formula is C28H32ClN3O4S. The molecule has 0 aliphatic carbocycles. The quantitative estimate of drug-likeness (QED) is 0.378. The van der Waals surface area contributed by atoms with Crippen molar-refractivity contribution in [1.82, 2.24) is 10.2 Å². The summed E-state index contributed by atoms with van der Waals surface area (Å²) >= 11 is 5.97. The van der Waals surface area contributed by atoms with E-state index in [4.69, 9.17) is 11.6 Å². The minimum Gasteiger partial charge on any atom is -0.354 e. The molecule has 1 N–H and O–H groups in total. The Morgan fingerprint density at radius 2 is 1.65 bits per heavy atom. The SMILES string of the molecule is CCCNC(=O)[C@H](C)N(Cc1cccc(C)c1)C(=O)CN(c1ccccc1)S(=O)(=O)c1ccc(Cl)cc1. The number of aryl methyl sites for hydroxylation is 1. The number of benzene rings is 3. The van der Waals surface area contributed by atoms with Crippen molar-refractivity contribution in [3.63, 3.8) is 0 Å². The molecule has 196 valence electrons. The van der Waals surface area contributed by atoms with E-state index in [1.54, 1.807) is 37.3 Å². The lowest BCUT2D eigenvalue weighted by Crippen LogP contribution is -2.51. The summed E-state index contributed by atoms with van der Waals surface area (Å²) in [6.07, 6.45) is 0.755. The summed E-state index contributed by atoms with van der Waals surface area (Å²) in [6.45, 7) is 5.70. The van der Waals surface area contributed by atoms with E-state index in [0.29, 0.717) is 17.3 Å². The minimum atomic E-state index is -4.11. The van der Waals surface area contributed by atoms with Gasteiger partial charge in [0, 0.05) is 18.1 Å². The van der Waals surface area contributed by atoms with Gasteiger partial charge in [0.25, 0.3) is 10.0 Å². The van der Waals surface area contributed by atoms with Gasteiger partial charge in [0.2, 0.25) is 11.8 Å². The lowest BCUT2D eigenvalue weighted by atomic mass is 10.1. The van der Waals surface area contributed by atoms with Gasteiger partial charge in [-0.1, -0.05) is 66.6 Å². The van der Waals surface area contributed by atoms with E-state index in [1.807, 2.05) is 38.1 Å². The van der Waals surface area contributed by atoms with E-state index in [1.165, 1.54) is 29.2 Å². The first-order valence-electron chi connectivity index (χ1n) is 12.1. The van der Waals surface area contributed by atoms with Crippen LogP contribution in [0.1, 0.15) is 31.4 Å². The third-order valence-electron chi connectivity index (χ3n) is 5.88. The number of para-hydroxylation sites is 1. The highest BCUT2D eigenvalue weighted by molar-refractivity contribution is 7.92. The fourth-order valence-electron chi connectivity index (χ4n) is 3.84. The average molecular weight is 542 g/mol. The normalized spacial score (nSPS) is 12.0. The molecule has 0 spiro atoms. The second kappa shape index (κ2) is 12.7. The summed E-state index contributed by atoms with van der Waals surface area (Å²) in [5, 5.41) is 3.23. The highest BCUT2D eigenvalue weighted by atomic mass is 35.5. The molecule has 0 saturated carbocycles. The number of halogens is 1. The standard InChI is InChI=1S/C28H32ClN3O4S/c1-4-17-30-28(34)22(3)31(19-23-10-8-9-21(2)18-23)27(33)20-32(25-11-6-5-7-12-25)37(35,36)26-15-13-24(29)14-16-26/h5-16,18,22H,4,17,19-20H2,1-3H3,(H,30,34)/t22-/m0/s1. The van der Waals surface area contributed by atoms with Crippen molar-refractivity contribution in [3.8, 4) is 0 Å². The fraction of sp³-hybridized carbons (Fsp3) is 0.286.